The van der Waals surface area contributed by atoms with Crippen LogP contribution < -0.4 is 0 Å². The fraction of sp³-hybridized carbons (Fsp3) is 0.300. The van der Waals surface area contributed by atoms with Crippen molar-refractivity contribution in [2.24, 2.45) is 0 Å². The van der Waals surface area contributed by atoms with E-state index in [1.807, 2.05) is 6.92 Å². The molecule has 0 aliphatic carbocycles. The van der Waals surface area contributed by atoms with Crippen molar-refractivity contribution in [1.82, 2.24) is 9.78 Å². The summed E-state index contributed by atoms with van der Waals surface area (Å²) in [7, 11) is 0. The molecule has 0 amide bonds. The molecule has 0 saturated carbocycles. The number of nitrogens with zero attached hydrogens (tertiary/aromatic N) is 2. The van der Waals surface area contributed by atoms with Gasteiger partial charge in [-0.05, 0) is 50.9 Å². The molecule has 0 bridgehead atoms. The number of halogens is 2. The van der Waals surface area contributed by atoms with Gasteiger partial charge in [0.05, 0.1) is 16.4 Å². The zero-order chi connectivity index (χ0) is 11.7. The molecule has 1 atom stereocenters. The summed E-state index contributed by atoms with van der Waals surface area (Å²) in [4.78, 5) is 0. The summed E-state index contributed by atoms with van der Waals surface area (Å²) >= 11 is 6.57. The van der Waals surface area contributed by atoms with Crippen molar-refractivity contribution in [3.05, 3.63) is 38.9 Å². The van der Waals surface area contributed by atoms with Crippen LogP contribution in [0.2, 0.25) is 0 Å². The van der Waals surface area contributed by atoms with Gasteiger partial charge >= 0.3 is 0 Å². The zero-order valence-electron chi connectivity index (χ0n) is 8.52. The van der Waals surface area contributed by atoms with Crippen molar-refractivity contribution in [1.29, 1.82) is 0 Å². The van der Waals surface area contributed by atoms with E-state index in [1.165, 1.54) is 0 Å². The highest BCUT2D eigenvalue weighted by Crippen LogP contribution is 2.30. The molecule has 0 aliphatic rings. The fourth-order valence-electron chi connectivity index (χ4n) is 1.51. The van der Waals surface area contributed by atoms with Crippen molar-refractivity contribution in [2.75, 3.05) is 0 Å². The predicted molar refractivity (Wildman–Crippen MR) is 66.1 cm³/mol. The lowest BCUT2D eigenvalue weighted by Gasteiger charge is -2.10. The van der Waals surface area contributed by atoms with Gasteiger partial charge in [-0.1, -0.05) is 0 Å². The van der Waals surface area contributed by atoms with E-state index >= 15 is 0 Å². The Bertz CT molecular complexity index is 493. The first-order valence-electron chi connectivity index (χ1n) is 4.78. The van der Waals surface area contributed by atoms with Crippen LogP contribution in [-0.2, 0) is 6.54 Å². The molecule has 0 aliphatic heterocycles. The number of hydrogen-bond donors (Lipinski definition) is 1. The first-order valence-corrected chi connectivity index (χ1v) is 6.36. The summed E-state index contributed by atoms with van der Waals surface area (Å²) < 4.78 is 8.43. The number of aromatic nitrogens is 2. The van der Waals surface area contributed by atoms with Gasteiger partial charge in [0.2, 0.25) is 0 Å². The Balaban J connectivity index is 2.40. The Morgan fingerprint density at radius 1 is 1.50 bits per heavy atom. The van der Waals surface area contributed by atoms with Gasteiger partial charge in [0.1, 0.15) is 5.76 Å². The first-order chi connectivity index (χ1) is 7.63. The van der Waals surface area contributed by atoms with Gasteiger partial charge in [0, 0.05) is 6.54 Å². The summed E-state index contributed by atoms with van der Waals surface area (Å²) in [5.41, 5.74) is 0.698. The lowest BCUT2D eigenvalue weighted by atomic mass is 10.2. The molecular weight excluding hydrogens is 340 g/mol. The third-order valence-corrected chi connectivity index (χ3v) is 3.29. The van der Waals surface area contributed by atoms with E-state index in [1.54, 1.807) is 23.0 Å². The van der Waals surface area contributed by atoms with Crippen molar-refractivity contribution in [3.63, 3.8) is 0 Å². The quantitative estimate of drug-likeness (QED) is 0.926. The highest BCUT2D eigenvalue weighted by atomic mass is 79.9. The maximum Gasteiger partial charge on any atom is 0.169 e. The first kappa shape index (κ1) is 11.9. The molecule has 4 nitrogen and oxygen atoms in total. The lowest BCUT2D eigenvalue weighted by molar-refractivity contribution is 0.176. The Kier molecular flexibility index (Phi) is 3.51. The number of rotatable bonds is 3. The number of aliphatic hydroxyl groups excluding tert-OH is 1. The topological polar surface area (TPSA) is 51.2 Å². The molecule has 0 aromatic carbocycles. The van der Waals surface area contributed by atoms with Crippen LogP contribution in [0.4, 0.5) is 0 Å². The van der Waals surface area contributed by atoms with Gasteiger partial charge in [0.15, 0.2) is 10.8 Å². The molecule has 0 radical (unpaired) electrons. The van der Waals surface area contributed by atoms with Crippen molar-refractivity contribution in [2.45, 2.75) is 19.6 Å². The molecule has 86 valence electrons. The molecule has 0 fully saturated rings. The van der Waals surface area contributed by atoms with Gasteiger partial charge in [-0.3, -0.25) is 4.68 Å². The standard InChI is InChI=1S/C10H10Br2N2O2/c1-2-14-9(6(11)5-13-14)10(15)7-3-4-8(12)16-7/h3-5,10,15H,2H2,1H3. The molecule has 0 saturated heterocycles. The fourth-order valence-corrected chi connectivity index (χ4v) is 2.34. The summed E-state index contributed by atoms with van der Waals surface area (Å²) in [5.74, 6) is 0.489. The highest BCUT2D eigenvalue weighted by Gasteiger charge is 2.21. The Morgan fingerprint density at radius 2 is 2.25 bits per heavy atom. The van der Waals surface area contributed by atoms with E-state index in [4.69, 9.17) is 4.42 Å². The van der Waals surface area contributed by atoms with Crippen molar-refractivity contribution >= 4 is 31.9 Å². The highest BCUT2D eigenvalue weighted by molar-refractivity contribution is 9.10. The lowest BCUT2D eigenvalue weighted by Crippen LogP contribution is -2.09. The summed E-state index contributed by atoms with van der Waals surface area (Å²) in [6.45, 7) is 2.66. The largest absolute Gasteiger partial charge is 0.451 e. The van der Waals surface area contributed by atoms with Gasteiger partial charge in [-0.15, -0.1) is 0 Å². The molecule has 1 N–H and O–H groups in total. The second-order valence-electron chi connectivity index (χ2n) is 3.24. The van der Waals surface area contributed by atoms with E-state index in [2.05, 4.69) is 37.0 Å². The van der Waals surface area contributed by atoms with Crippen molar-refractivity contribution in [3.8, 4) is 0 Å². The monoisotopic (exact) mass is 348 g/mol. The van der Waals surface area contributed by atoms with Crippen LogP contribution in [0.15, 0.2) is 31.9 Å². The average Bonchev–Trinajstić information content (AvgIpc) is 2.83. The minimum absolute atomic E-state index is 0.489. The Morgan fingerprint density at radius 3 is 2.81 bits per heavy atom. The van der Waals surface area contributed by atoms with Crippen LogP contribution >= 0.6 is 31.9 Å². The van der Waals surface area contributed by atoms with Gasteiger partial charge < -0.3 is 9.52 Å². The molecule has 6 heteroatoms. The van der Waals surface area contributed by atoms with Crippen LogP contribution in [-0.4, -0.2) is 14.9 Å². The molecule has 2 aromatic rings. The smallest absolute Gasteiger partial charge is 0.169 e. The SMILES string of the molecule is CCn1ncc(Br)c1C(O)c1ccc(Br)o1. The summed E-state index contributed by atoms with van der Waals surface area (Å²) in [6, 6.07) is 3.48. The number of aliphatic hydroxyl groups is 1. The second-order valence-corrected chi connectivity index (χ2v) is 4.87. The normalized spacial score (nSPS) is 13.0. The third-order valence-electron chi connectivity index (χ3n) is 2.26. The maximum atomic E-state index is 10.2. The van der Waals surface area contributed by atoms with Crippen LogP contribution in [0, 0.1) is 0 Å². The minimum atomic E-state index is -0.817. The van der Waals surface area contributed by atoms with Gasteiger partial charge in [-0.25, -0.2) is 0 Å². The van der Waals surface area contributed by atoms with Crippen LogP contribution in [0.1, 0.15) is 24.5 Å². The molecule has 16 heavy (non-hydrogen) atoms. The predicted octanol–water partition coefficient (Wildman–Crippen LogP) is 3.10. The number of furan rings is 1. The molecule has 1 unspecified atom stereocenters. The van der Waals surface area contributed by atoms with E-state index in [-0.39, 0.29) is 0 Å². The van der Waals surface area contributed by atoms with Crippen LogP contribution in [0.3, 0.4) is 0 Å². The van der Waals surface area contributed by atoms with Crippen LogP contribution in [0.25, 0.3) is 0 Å². The Hall–Kier alpha value is -0.590. The molecular formula is C10H10Br2N2O2. The number of hydrogen-bond acceptors (Lipinski definition) is 3. The minimum Gasteiger partial charge on any atom is -0.451 e. The molecule has 2 aromatic heterocycles. The molecule has 0 spiro atoms. The van der Waals surface area contributed by atoms with Gasteiger partial charge in [-0.2, -0.15) is 5.10 Å². The van der Waals surface area contributed by atoms with E-state index in [9.17, 15) is 5.11 Å². The van der Waals surface area contributed by atoms with E-state index < -0.39 is 6.10 Å². The zero-order valence-corrected chi connectivity index (χ0v) is 11.7. The molecule has 2 heterocycles. The second kappa shape index (κ2) is 4.73. The van der Waals surface area contributed by atoms with Gasteiger partial charge in [0.25, 0.3) is 0 Å². The van der Waals surface area contributed by atoms with E-state index in [0.717, 1.165) is 4.47 Å². The van der Waals surface area contributed by atoms with E-state index in [0.29, 0.717) is 22.7 Å². The summed E-state index contributed by atoms with van der Waals surface area (Å²) in [6.07, 6.45) is 0.850. The van der Waals surface area contributed by atoms with Crippen molar-refractivity contribution < 1.29 is 9.52 Å². The average molecular weight is 350 g/mol. The third kappa shape index (κ3) is 2.09. The van der Waals surface area contributed by atoms with Crippen LogP contribution in [0.5, 0.6) is 0 Å². The summed E-state index contributed by atoms with van der Waals surface area (Å²) in [5, 5.41) is 14.3. The maximum absolute atomic E-state index is 10.2. The molecule has 2 rings (SSSR count). The number of aryl methyl sites for hydroxylation is 1. The Labute approximate surface area is 110 Å².